The minimum Gasteiger partial charge on any atom is -0.384 e. The van der Waals surface area contributed by atoms with Crippen molar-refractivity contribution in [2.24, 2.45) is 0 Å². The average Bonchev–Trinajstić information content (AvgIpc) is 2.35. The molecule has 2 N–H and O–H groups in total. The Morgan fingerprint density at radius 1 is 1.17 bits per heavy atom. The van der Waals surface area contributed by atoms with Gasteiger partial charge in [-0.2, -0.15) is 8.78 Å². The third-order valence-electron chi connectivity index (χ3n) is 3.44. The molecule has 7 heteroatoms. The average molecular weight is 351 g/mol. The normalized spacial score (nSPS) is 16.3. The lowest BCUT2D eigenvalue weighted by Gasteiger charge is -2.30. The van der Waals surface area contributed by atoms with Gasteiger partial charge in [-0.1, -0.05) is 12.1 Å². The largest absolute Gasteiger partial charge is 0.384 e. The number of alkyl halides is 2. The summed E-state index contributed by atoms with van der Waals surface area (Å²) in [4.78, 5) is 0. The van der Waals surface area contributed by atoms with Crippen LogP contribution in [-0.4, -0.2) is 19.7 Å². The highest BCUT2D eigenvalue weighted by atomic mass is 32.2. The van der Waals surface area contributed by atoms with Gasteiger partial charge in [-0.05, 0) is 47.6 Å². The Morgan fingerprint density at radius 2 is 1.70 bits per heavy atom. The summed E-state index contributed by atoms with van der Waals surface area (Å²) in [6, 6.07) is 2.87. The lowest BCUT2D eigenvalue weighted by molar-refractivity contribution is -0.170. The summed E-state index contributed by atoms with van der Waals surface area (Å²) in [5.74, 6) is -4.86. The fourth-order valence-electron chi connectivity index (χ4n) is 1.86. The number of rotatable bonds is 5. The van der Waals surface area contributed by atoms with Gasteiger partial charge in [-0.15, -0.1) is 0 Å². The first kappa shape index (κ1) is 20.1. The summed E-state index contributed by atoms with van der Waals surface area (Å²) in [6.45, 7) is 8.65. The molecule has 0 bridgehead atoms. The van der Waals surface area contributed by atoms with Gasteiger partial charge in [0.25, 0.3) is 0 Å². The summed E-state index contributed by atoms with van der Waals surface area (Å²) in [5, 5.41) is 9.62. The summed E-state index contributed by atoms with van der Waals surface area (Å²) in [7, 11) is -1.47. The molecular weight excluding hydrogens is 327 g/mol. The minimum atomic E-state index is -3.75. The number of nitrogens with one attached hydrogen (secondary N) is 1. The summed E-state index contributed by atoms with van der Waals surface area (Å²) >= 11 is 0. The van der Waals surface area contributed by atoms with Crippen LogP contribution in [0.1, 0.15) is 58.7 Å². The standard InChI is InChI=1S/C16H24F3NO2S/c1-10(20-23(22)14(2,3)4)11-8-7-9-12(13(11)17)16(18,19)15(5,6)21/h7-10,20-21H,1-6H3/t10-,23-/m1/s1. The smallest absolute Gasteiger partial charge is 0.303 e. The van der Waals surface area contributed by atoms with E-state index in [4.69, 9.17) is 0 Å². The Bertz CT molecular complexity index is 592. The van der Waals surface area contributed by atoms with Crippen LogP contribution in [0.2, 0.25) is 0 Å². The van der Waals surface area contributed by atoms with Crippen LogP contribution in [-0.2, 0) is 16.9 Å². The molecule has 132 valence electrons. The lowest BCUT2D eigenvalue weighted by Crippen LogP contribution is -2.41. The fraction of sp³-hybridized carbons (Fsp3) is 0.625. The number of aliphatic hydroxyl groups is 1. The first-order valence-corrected chi connectivity index (χ1v) is 8.41. The van der Waals surface area contributed by atoms with E-state index in [1.54, 1.807) is 27.7 Å². The first-order chi connectivity index (χ1) is 10.2. The molecule has 2 atom stereocenters. The van der Waals surface area contributed by atoms with Gasteiger partial charge >= 0.3 is 5.92 Å². The first-order valence-electron chi connectivity index (χ1n) is 7.26. The molecule has 0 aromatic heterocycles. The zero-order valence-corrected chi connectivity index (χ0v) is 15.0. The van der Waals surface area contributed by atoms with Crippen molar-refractivity contribution in [2.75, 3.05) is 0 Å². The molecule has 0 radical (unpaired) electrons. The fourth-order valence-corrected chi connectivity index (χ4v) is 2.66. The second-order valence-electron chi connectivity index (χ2n) is 7.06. The van der Waals surface area contributed by atoms with Crippen LogP contribution in [0.15, 0.2) is 18.2 Å². The molecule has 0 amide bonds. The van der Waals surface area contributed by atoms with E-state index in [0.29, 0.717) is 0 Å². The van der Waals surface area contributed by atoms with Crippen molar-refractivity contribution in [3.8, 4) is 0 Å². The Labute approximate surface area is 137 Å². The number of hydrogen-bond acceptors (Lipinski definition) is 2. The van der Waals surface area contributed by atoms with Gasteiger partial charge in [0.15, 0.2) is 0 Å². The topological polar surface area (TPSA) is 49.3 Å². The quantitative estimate of drug-likeness (QED) is 0.848. The molecule has 0 spiro atoms. The molecular formula is C16H24F3NO2S. The molecule has 1 aromatic carbocycles. The minimum absolute atomic E-state index is 0.0241. The van der Waals surface area contributed by atoms with Crippen molar-refractivity contribution in [2.45, 2.75) is 63.9 Å². The van der Waals surface area contributed by atoms with Crippen LogP contribution in [0.3, 0.4) is 0 Å². The van der Waals surface area contributed by atoms with E-state index in [0.717, 1.165) is 19.9 Å². The van der Waals surface area contributed by atoms with Gasteiger partial charge in [-0.25, -0.2) is 13.3 Å². The van der Waals surface area contributed by atoms with Gasteiger partial charge in [0.05, 0.1) is 21.3 Å². The van der Waals surface area contributed by atoms with E-state index in [-0.39, 0.29) is 5.56 Å². The maximum Gasteiger partial charge on any atom is 0.303 e. The van der Waals surface area contributed by atoms with E-state index in [2.05, 4.69) is 4.72 Å². The molecule has 23 heavy (non-hydrogen) atoms. The highest BCUT2D eigenvalue weighted by Crippen LogP contribution is 2.41. The molecule has 0 aliphatic rings. The Balaban J connectivity index is 3.22. The molecule has 0 aliphatic heterocycles. The van der Waals surface area contributed by atoms with E-state index in [9.17, 15) is 22.5 Å². The summed E-state index contributed by atoms with van der Waals surface area (Å²) in [5.41, 5.74) is -3.31. The van der Waals surface area contributed by atoms with Crippen molar-refractivity contribution in [1.29, 1.82) is 0 Å². The molecule has 0 saturated carbocycles. The third kappa shape index (κ3) is 4.33. The molecule has 1 aromatic rings. The SMILES string of the molecule is C[C@@H](N[S@](=O)C(C)(C)C)c1cccc(C(F)(F)C(C)(C)O)c1F. The van der Waals surface area contributed by atoms with Gasteiger partial charge in [0.1, 0.15) is 11.4 Å². The van der Waals surface area contributed by atoms with Gasteiger partial charge in [-0.3, -0.25) is 0 Å². The zero-order chi connectivity index (χ0) is 18.2. The van der Waals surface area contributed by atoms with Gasteiger partial charge < -0.3 is 5.11 Å². The summed E-state index contributed by atoms with van der Waals surface area (Å²) in [6.07, 6.45) is 0. The molecule has 3 nitrogen and oxygen atoms in total. The molecule has 1 rings (SSSR count). The van der Waals surface area contributed by atoms with E-state index >= 15 is 0 Å². The van der Waals surface area contributed by atoms with Crippen molar-refractivity contribution in [1.82, 2.24) is 4.72 Å². The predicted octanol–water partition coefficient (Wildman–Crippen LogP) is 3.80. The van der Waals surface area contributed by atoms with E-state index in [1.807, 2.05) is 0 Å². The molecule has 0 aliphatic carbocycles. The number of halogens is 3. The Hall–Kier alpha value is -0.920. The van der Waals surface area contributed by atoms with Crippen molar-refractivity contribution in [3.63, 3.8) is 0 Å². The van der Waals surface area contributed by atoms with Crippen LogP contribution in [0.25, 0.3) is 0 Å². The van der Waals surface area contributed by atoms with Crippen molar-refractivity contribution in [3.05, 3.63) is 35.1 Å². The van der Waals surface area contributed by atoms with E-state index < -0.39 is 44.7 Å². The van der Waals surface area contributed by atoms with Crippen molar-refractivity contribution < 1.29 is 22.5 Å². The summed E-state index contributed by atoms with van der Waals surface area (Å²) < 4.78 is 57.3. The lowest BCUT2D eigenvalue weighted by atomic mass is 9.91. The predicted molar refractivity (Wildman–Crippen MR) is 86.0 cm³/mol. The van der Waals surface area contributed by atoms with Crippen LogP contribution in [0.5, 0.6) is 0 Å². The van der Waals surface area contributed by atoms with Crippen molar-refractivity contribution >= 4 is 11.0 Å². The maximum absolute atomic E-state index is 14.6. The highest BCUT2D eigenvalue weighted by molar-refractivity contribution is 7.84. The molecule has 0 saturated heterocycles. The van der Waals surface area contributed by atoms with E-state index in [1.165, 1.54) is 12.1 Å². The van der Waals surface area contributed by atoms with Crippen LogP contribution < -0.4 is 4.72 Å². The van der Waals surface area contributed by atoms with Crippen LogP contribution >= 0.6 is 0 Å². The molecule has 0 unspecified atom stereocenters. The Morgan fingerprint density at radius 3 is 2.13 bits per heavy atom. The highest BCUT2D eigenvalue weighted by Gasteiger charge is 2.49. The van der Waals surface area contributed by atoms with Crippen LogP contribution in [0, 0.1) is 5.82 Å². The monoisotopic (exact) mass is 351 g/mol. The Kier molecular flexibility index (Phi) is 5.71. The number of benzene rings is 1. The second kappa shape index (κ2) is 6.53. The zero-order valence-electron chi connectivity index (χ0n) is 14.2. The third-order valence-corrected chi connectivity index (χ3v) is 5.12. The second-order valence-corrected chi connectivity index (χ2v) is 9.06. The number of hydrogen-bond donors (Lipinski definition) is 2. The molecule has 0 heterocycles. The maximum atomic E-state index is 14.6. The van der Waals surface area contributed by atoms with Crippen LogP contribution in [0.4, 0.5) is 13.2 Å². The molecule has 0 fully saturated rings. The van der Waals surface area contributed by atoms with Gasteiger partial charge in [0, 0.05) is 11.6 Å². The van der Waals surface area contributed by atoms with Gasteiger partial charge in [0.2, 0.25) is 0 Å².